The molecule has 5 nitrogen and oxygen atoms in total. The van der Waals surface area contributed by atoms with E-state index in [-0.39, 0.29) is 17.2 Å². The van der Waals surface area contributed by atoms with Crippen LogP contribution in [-0.2, 0) is 27.4 Å². The molecule has 1 aromatic carbocycles. The Morgan fingerprint density at radius 2 is 2.00 bits per heavy atom. The summed E-state index contributed by atoms with van der Waals surface area (Å²) in [7, 11) is 1.66. The summed E-state index contributed by atoms with van der Waals surface area (Å²) in [6.07, 6.45) is 2.81. The lowest BCUT2D eigenvalue weighted by atomic mass is 9.90. The minimum atomic E-state index is -0.681. The van der Waals surface area contributed by atoms with Gasteiger partial charge in [-0.05, 0) is 35.8 Å². The standard InChI is InChI=1S/C18H23NO4/c1-23-12-14-4-2-3-13(9-14)10-16(20)19-7-5-18(6-8-19)11-15(18)17(21)22/h2-4,9,15H,5-8,10-12H2,1H3,(H,21,22). The molecule has 1 spiro atoms. The third-order valence-corrected chi connectivity index (χ3v) is 5.26. The van der Waals surface area contributed by atoms with Gasteiger partial charge in [-0.2, -0.15) is 0 Å². The molecule has 5 heteroatoms. The molecular weight excluding hydrogens is 294 g/mol. The average Bonchev–Trinajstić information content (AvgIpc) is 3.22. The predicted molar refractivity (Wildman–Crippen MR) is 84.8 cm³/mol. The van der Waals surface area contributed by atoms with Gasteiger partial charge in [-0.25, -0.2) is 0 Å². The Labute approximate surface area is 136 Å². The SMILES string of the molecule is COCc1cccc(CC(=O)N2CCC3(CC2)CC3C(=O)O)c1. The molecule has 1 amide bonds. The zero-order valence-corrected chi connectivity index (χ0v) is 13.5. The molecule has 0 aromatic heterocycles. The molecule has 2 fully saturated rings. The van der Waals surface area contributed by atoms with E-state index in [1.165, 1.54) is 0 Å². The van der Waals surface area contributed by atoms with E-state index in [4.69, 9.17) is 9.84 Å². The number of hydrogen-bond donors (Lipinski definition) is 1. The molecule has 124 valence electrons. The van der Waals surface area contributed by atoms with Crippen molar-refractivity contribution < 1.29 is 19.4 Å². The molecule has 0 bridgehead atoms. The maximum atomic E-state index is 12.5. The highest BCUT2D eigenvalue weighted by Crippen LogP contribution is 2.59. The van der Waals surface area contributed by atoms with E-state index in [0.717, 1.165) is 30.4 Å². The number of piperidine rings is 1. The van der Waals surface area contributed by atoms with Crippen LogP contribution in [0.25, 0.3) is 0 Å². The summed E-state index contributed by atoms with van der Waals surface area (Å²) < 4.78 is 5.12. The molecule has 1 heterocycles. The number of rotatable bonds is 5. The average molecular weight is 317 g/mol. The molecule has 1 aromatic rings. The first-order valence-electron chi connectivity index (χ1n) is 8.11. The molecule has 1 saturated heterocycles. The van der Waals surface area contributed by atoms with Crippen molar-refractivity contribution in [3.05, 3.63) is 35.4 Å². The summed E-state index contributed by atoms with van der Waals surface area (Å²) in [4.78, 5) is 25.4. The fraction of sp³-hybridized carbons (Fsp3) is 0.556. The van der Waals surface area contributed by atoms with Crippen LogP contribution in [0, 0.1) is 11.3 Å². The van der Waals surface area contributed by atoms with Gasteiger partial charge >= 0.3 is 5.97 Å². The Kier molecular flexibility index (Phi) is 4.39. The molecule has 1 unspecified atom stereocenters. The summed E-state index contributed by atoms with van der Waals surface area (Å²) in [6.45, 7) is 1.91. The van der Waals surface area contributed by atoms with E-state index in [9.17, 15) is 9.59 Å². The van der Waals surface area contributed by atoms with E-state index in [1.54, 1.807) is 7.11 Å². The Bertz CT molecular complexity index is 605. The lowest BCUT2D eigenvalue weighted by molar-refractivity contribution is -0.139. The molecule has 3 rings (SSSR count). The first kappa shape index (κ1) is 16.0. The van der Waals surface area contributed by atoms with Crippen LogP contribution in [0.3, 0.4) is 0 Å². The van der Waals surface area contributed by atoms with Gasteiger partial charge in [-0.3, -0.25) is 9.59 Å². The third-order valence-electron chi connectivity index (χ3n) is 5.26. The van der Waals surface area contributed by atoms with Gasteiger partial charge in [-0.15, -0.1) is 0 Å². The van der Waals surface area contributed by atoms with Crippen LogP contribution in [0.1, 0.15) is 30.4 Å². The largest absolute Gasteiger partial charge is 0.481 e. The van der Waals surface area contributed by atoms with Crippen molar-refractivity contribution in [2.24, 2.45) is 11.3 Å². The number of likely N-dealkylation sites (tertiary alicyclic amines) is 1. The van der Waals surface area contributed by atoms with E-state index < -0.39 is 5.97 Å². The Morgan fingerprint density at radius 3 is 2.61 bits per heavy atom. The quantitative estimate of drug-likeness (QED) is 0.903. The highest BCUT2D eigenvalue weighted by Gasteiger charge is 2.59. The number of carbonyl (C=O) groups excluding carboxylic acids is 1. The van der Waals surface area contributed by atoms with Gasteiger partial charge in [0.15, 0.2) is 0 Å². The molecule has 1 saturated carbocycles. The van der Waals surface area contributed by atoms with Crippen LogP contribution in [0.5, 0.6) is 0 Å². The van der Waals surface area contributed by atoms with Gasteiger partial charge in [0.05, 0.1) is 18.9 Å². The normalized spacial score (nSPS) is 22.1. The molecule has 1 aliphatic carbocycles. The van der Waals surface area contributed by atoms with Gasteiger partial charge in [-0.1, -0.05) is 24.3 Å². The van der Waals surface area contributed by atoms with Crippen LogP contribution in [0.4, 0.5) is 0 Å². The smallest absolute Gasteiger partial charge is 0.307 e. The number of methoxy groups -OCH3 is 1. The van der Waals surface area contributed by atoms with E-state index in [2.05, 4.69) is 0 Å². The topological polar surface area (TPSA) is 66.8 Å². The minimum absolute atomic E-state index is 0.0268. The Hall–Kier alpha value is -1.88. The minimum Gasteiger partial charge on any atom is -0.481 e. The monoisotopic (exact) mass is 317 g/mol. The van der Waals surface area contributed by atoms with Crippen molar-refractivity contribution >= 4 is 11.9 Å². The van der Waals surface area contributed by atoms with Crippen molar-refractivity contribution in [1.29, 1.82) is 0 Å². The summed E-state index contributed by atoms with van der Waals surface area (Å²) in [6, 6.07) is 7.91. The summed E-state index contributed by atoms with van der Waals surface area (Å²) in [5.41, 5.74) is 2.04. The first-order valence-corrected chi connectivity index (χ1v) is 8.11. The third kappa shape index (κ3) is 3.39. The molecule has 1 aliphatic heterocycles. The fourth-order valence-electron chi connectivity index (χ4n) is 3.73. The number of amides is 1. The molecular formula is C18H23NO4. The molecule has 23 heavy (non-hydrogen) atoms. The number of benzene rings is 1. The zero-order chi connectivity index (χ0) is 16.4. The maximum absolute atomic E-state index is 12.5. The van der Waals surface area contributed by atoms with Gasteiger partial charge in [0, 0.05) is 20.2 Å². The number of carboxylic acid groups (broad SMARTS) is 1. The highest BCUT2D eigenvalue weighted by atomic mass is 16.5. The number of aliphatic carboxylic acids is 1. The lowest BCUT2D eigenvalue weighted by Crippen LogP contribution is -2.40. The molecule has 2 aliphatic rings. The molecule has 1 atom stereocenters. The van der Waals surface area contributed by atoms with Crippen LogP contribution in [0.15, 0.2) is 24.3 Å². The zero-order valence-electron chi connectivity index (χ0n) is 13.5. The molecule has 1 N–H and O–H groups in total. The van der Waals surface area contributed by atoms with E-state index >= 15 is 0 Å². The van der Waals surface area contributed by atoms with E-state index in [1.807, 2.05) is 29.2 Å². The van der Waals surface area contributed by atoms with Crippen molar-refractivity contribution in [3.8, 4) is 0 Å². The Balaban J connectivity index is 1.54. The number of ether oxygens (including phenoxy) is 1. The predicted octanol–water partition coefficient (Wildman–Crippen LogP) is 2.09. The van der Waals surface area contributed by atoms with Gasteiger partial charge in [0.25, 0.3) is 0 Å². The van der Waals surface area contributed by atoms with Crippen molar-refractivity contribution in [2.75, 3.05) is 20.2 Å². The second-order valence-corrected chi connectivity index (χ2v) is 6.77. The maximum Gasteiger partial charge on any atom is 0.307 e. The fourth-order valence-corrected chi connectivity index (χ4v) is 3.73. The van der Waals surface area contributed by atoms with Crippen LogP contribution >= 0.6 is 0 Å². The number of hydrogen-bond acceptors (Lipinski definition) is 3. The second kappa shape index (κ2) is 6.32. The van der Waals surface area contributed by atoms with Crippen LogP contribution in [0.2, 0.25) is 0 Å². The number of nitrogens with zero attached hydrogens (tertiary/aromatic N) is 1. The van der Waals surface area contributed by atoms with Gasteiger partial charge in [0.2, 0.25) is 5.91 Å². The first-order chi connectivity index (χ1) is 11.0. The van der Waals surface area contributed by atoms with E-state index in [0.29, 0.717) is 26.1 Å². The number of carbonyl (C=O) groups is 2. The van der Waals surface area contributed by atoms with Crippen LogP contribution < -0.4 is 0 Å². The summed E-state index contributed by atoms with van der Waals surface area (Å²) in [5.74, 6) is -0.743. The summed E-state index contributed by atoms with van der Waals surface area (Å²) >= 11 is 0. The number of carboxylic acids is 1. The second-order valence-electron chi connectivity index (χ2n) is 6.77. The van der Waals surface area contributed by atoms with Gasteiger partial charge < -0.3 is 14.7 Å². The van der Waals surface area contributed by atoms with Crippen molar-refractivity contribution in [2.45, 2.75) is 32.3 Å². The van der Waals surface area contributed by atoms with Crippen LogP contribution in [-0.4, -0.2) is 42.1 Å². The summed E-state index contributed by atoms with van der Waals surface area (Å²) in [5, 5.41) is 9.12. The lowest BCUT2D eigenvalue weighted by Gasteiger charge is -2.32. The Morgan fingerprint density at radius 1 is 1.30 bits per heavy atom. The highest BCUT2D eigenvalue weighted by molar-refractivity contribution is 5.79. The van der Waals surface area contributed by atoms with Crippen molar-refractivity contribution in [3.63, 3.8) is 0 Å². The molecule has 0 radical (unpaired) electrons. The van der Waals surface area contributed by atoms with Crippen molar-refractivity contribution in [1.82, 2.24) is 4.90 Å². The van der Waals surface area contributed by atoms with Gasteiger partial charge in [0.1, 0.15) is 0 Å².